The molecule has 3 aromatic rings. The molecule has 1 aliphatic heterocycles. The second-order valence-electron chi connectivity index (χ2n) is 10.8. The van der Waals surface area contributed by atoms with Crippen LogP contribution in [0.15, 0.2) is 54.6 Å². The molecule has 1 aliphatic carbocycles. The number of thiazole rings is 1. The Morgan fingerprint density at radius 2 is 1.62 bits per heavy atom. The van der Waals surface area contributed by atoms with E-state index < -0.39 is 5.60 Å². The number of para-hydroxylation sites is 1. The first-order valence-corrected chi connectivity index (χ1v) is 14.5. The Labute approximate surface area is 235 Å². The van der Waals surface area contributed by atoms with E-state index in [1.54, 1.807) is 11.8 Å². The number of ether oxygens (including phenoxy) is 3. The van der Waals surface area contributed by atoms with E-state index in [1.807, 2.05) is 89.2 Å². The van der Waals surface area contributed by atoms with E-state index in [0.717, 1.165) is 29.2 Å². The van der Waals surface area contributed by atoms with Crippen LogP contribution in [0.25, 0.3) is 11.3 Å². The fourth-order valence-electron chi connectivity index (χ4n) is 4.98. The third kappa shape index (κ3) is 6.61. The second-order valence-corrected chi connectivity index (χ2v) is 11.9. The topological polar surface area (TPSA) is 78.0 Å². The molecule has 2 fully saturated rings. The number of benzene rings is 2. The van der Waals surface area contributed by atoms with Crippen molar-refractivity contribution < 1.29 is 23.8 Å². The van der Waals surface area contributed by atoms with Gasteiger partial charge < -0.3 is 19.1 Å². The Balaban J connectivity index is 0.00000172. The molecule has 1 amide bonds. The molecule has 2 aliphatic rings. The van der Waals surface area contributed by atoms with Crippen LogP contribution in [0.1, 0.15) is 75.0 Å². The zero-order chi connectivity index (χ0) is 28.2. The minimum atomic E-state index is -0.491. The number of carbonyl (C=O) groups excluding carboxylic acids is 2. The van der Waals surface area contributed by atoms with Crippen LogP contribution in [0.2, 0.25) is 0 Å². The lowest BCUT2D eigenvalue weighted by Crippen LogP contribution is -2.63. The normalized spacial score (nSPS) is 15.9. The molecule has 1 aromatic heterocycles. The lowest BCUT2D eigenvalue weighted by atomic mass is 9.58. The van der Waals surface area contributed by atoms with Gasteiger partial charge in [-0.3, -0.25) is 0 Å². The number of hydrogen-bond donors (Lipinski definition) is 0. The zero-order valence-electron chi connectivity index (χ0n) is 23.7. The summed E-state index contributed by atoms with van der Waals surface area (Å²) in [5, 5.41) is 0.948. The quantitative estimate of drug-likeness (QED) is 0.290. The van der Waals surface area contributed by atoms with Crippen LogP contribution >= 0.6 is 11.3 Å². The molecular formula is C31H38N2O5S. The Kier molecular flexibility index (Phi) is 8.64. The summed E-state index contributed by atoms with van der Waals surface area (Å²) < 4.78 is 16.7. The molecule has 208 valence electrons. The SMILES string of the molecule is CC.CCOC(=O)c1sc(C2CC3(C2)CN(C(=O)OC(C)(C)C)C3)nc1-c1ccc(Oc2ccccc2)cc1. The summed E-state index contributed by atoms with van der Waals surface area (Å²) in [6, 6.07) is 17.2. The van der Waals surface area contributed by atoms with E-state index in [1.165, 1.54) is 11.3 Å². The molecule has 0 N–H and O–H groups in total. The Bertz CT molecular complexity index is 1270. The highest BCUT2D eigenvalue weighted by Crippen LogP contribution is 2.57. The second kappa shape index (κ2) is 11.8. The Hall–Kier alpha value is -3.39. The lowest BCUT2D eigenvalue weighted by Gasteiger charge is -2.58. The minimum absolute atomic E-state index is 0.133. The zero-order valence-corrected chi connectivity index (χ0v) is 24.5. The summed E-state index contributed by atoms with van der Waals surface area (Å²) >= 11 is 1.42. The summed E-state index contributed by atoms with van der Waals surface area (Å²) in [5.74, 6) is 1.40. The number of hydrogen-bond acceptors (Lipinski definition) is 7. The van der Waals surface area contributed by atoms with Gasteiger partial charge in [0.1, 0.15) is 22.0 Å². The molecule has 1 spiro atoms. The first-order chi connectivity index (χ1) is 18.6. The average Bonchev–Trinajstić information content (AvgIpc) is 3.29. The maximum absolute atomic E-state index is 12.8. The highest BCUT2D eigenvalue weighted by atomic mass is 32.1. The fraction of sp³-hybridized carbons (Fsp3) is 0.452. The van der Waals surface area contributed by atoms with Crippen molar-refractivity contribution in [3.05, 3.63) is 64.5 Å². The van der Waals surface area contributed by atoms with Crippen molar-refractivity contribution in [2.24, 2.45) is 5.41 Å². The Morgan fingerprint density at radius 1 is 1.00 bits per heavy atom. The van der Waals surface area contributed by atoms with Gasteiger partial charge >= 0.3 is 12.1 Å². The third-order valence-corrected chi connectivity index (χ3v) is 7.82. The van der Waals surface area contributed by atoms with Crippen LogP contribution in [0.3, 0.4) is 0 Å². The molecule has 39 heavy (non-hydrogen) atoms. The number of esters is 1. The van der Waals surface area contributed by atoms with E-state index in [9.17, 15) is 9.59 Å². The maximum Gasteiger partial charge on any atom is 0.410 e. The van der Waals surface area contributed by atoms with Gasteiger partial charge in [-0.2, -0.15) is 0 Å². The van der Waals surface area contributed by atoms with Gasteiger partial charge in [0.15, 0.2) is 0 Å². The van der Waals surface area contributed by atoms with Crippen LogP contribution in [0.5, 0.6) is 11.5 Å². The molecule has 7 nitrogen and oxygen atoms in total. The molecule has 2 heterocycles. The molecule has 0 bridgehead atoms. The molecule has 8 heteroatoms. The molecule has 0 unspecified atom stereocenters. The van der Waals surface area contributed by atoms with E-state index >= 15 is 0 Å². The molecular weight excluding hydrogens is 512 g/mol. The van der Waals surface area contributed by atoms with Crippen molar-refractivity contribution in [3.63, 3.8) is 0 Å². The average molecular weight is 551 g/mol. The van der Waals surface area contributed by atoms with E-state index in [0.29, 0.717) is 36.0 Å². The summed E-state index contributed by atoms with van der Waals surface area (Å²) in [6.45, 7) is 13.2. The summed E-state index contributed by atoms with van der Waals surface area (Å²) in [4.78, 5) is 32.3. The molecule has 1 saturated heterocycles. The lowest BCUT2D eigenvalue weighted by molar-refractivity contribution is -0.0786. The van der Waals surface area contributed by atoms with Crippen molar-refractivity contribution in [2.75, 3.05) is 19.7 Å². The third-order valence-electron chi connectivity index (χ3n) is 6.62. The molecule has 1 saturated carbocycles. The van der Waals surface area contributed by atoms with Gasteiger partial charge in [0.05, 0.1) is 17.3 Å². The van der Waals surface area contributed by atoms with E-state index in [2.05, 4.69) is 0 Å². The largest absolute Gasteiger partial charge is 0.462 e. The molecule has 0 radical (unpaired) electrons. The van der Waals surface area contributed by atoms with Crippen LogP contribution in [-0.2, 0) is 9.47 Å². The molecule has 2 aromatic carbocycles. The number of nitrogens with zero attached hydrogens (tertiary/aromatic N) is 2. The van der Waals surface area contributed by atoms with Crippen LogP contribution in [0, 0.1) is 5.41 Å². The Morgan fingerprint density at radius 3 is 2.21 bits per heavy atom. The predicted octanol–water partition coefficient (Wildman–Crippen LogP) is 7.92. The first kappa shape index (κ1) is 28.6. The fourth-order valence-corrected chi connectivity index (χ4v) is 6.07. The van der Waals surface area contributed by atoms with Gasteiger partial charge in [-0.15, -0.1) is 11.3 Å². The monoisotopic (exact) mass is 550 g/mol. The highest BCUT2D eigenvalue weighted by Gasteiger charge is 2.55. The van der Waals surface area contributed by atoms with E-state index in [-0.39, 0.29) is 23.4 Å². The van der Waals surface area contributed by atoms with Gasteiger partial charge in [-0.25, -0.2) is 14.6 Å². The number of carbonyl (C=O) groups is 2. The highest BCUT2D eigenvalue weighted by molar-refractivity contribution is 7.14. The first-order valence-electron chi connectivity index (χ1n) is 13.6. The van der Waals surface area contributed by atoms with Crippen molar-refractivity contribution in [2.45, 2.75) is 65.9 Å². The summed E-state index contributed by atoms with van der Waals surface area (Å²) in [7, 11) is 0. The van der Waals surface area contributed by atoms with Gasteiger partial charge in [0.2, 0.25) is 0 Å². The van der Waals surface area contributed by atoms with Crippen molar-refractivity contribution >= 4 is 23.4 Å². The molecule has 0 atom stereocenters. The number of likely N-dealkylation sites (tertiary alicyclic amines) is 1. The smallest absolute Gasteiger partial charge is 0.410 e. The van der Waals surface area contributed by atoms with Crippen LogP contribution in [-0.4, -0.2) is 47.2 Å². The maximum atomic E-state index is 12.8. The summed E-state index contributed by atoms with van der Waals surface area (Å²) in [6.07, 6.45) is 1.65. The van der Waals surface area contributed by atoms with Gasteiger partial charge in [-0.1, -0.05) is 32.0 Å². The van der Waals surface area contributed by atoms with Crippen molar-refractivity contribution in [1.82, 2.24) is 9.88 Å². The molecule has 5 rings (SSSR count). The summed E-state index contributed by atoms with van der Waals surface area (Å²) in [5.41, 5.74) is 1.14. The number of amides is 1. The van der Waals surface area contributed by atoms with Crippen LogP contribution in [0.4, 0.5) is 4.79 Å². The van der Waals surface area contributed by atoms with Gasteiger partial charge in [0, 0.05) is 30.0 Å². The number of rotatable bonds is 6. The van der Waals surface area contributed by atoms with Gasteiger partial charge in [0.25, 0.3) is 0 Å². The van der Waals surface area contributed by atoms with E-state index in [4.69, 9.17) is 19.2 Å². The van der Waals surface area contributed by atoms with Crippen LogP contribution < -0.4 is 4.74 Å². The standard InChI is InChI=1S/C29H32N2O5S.C2H6/c1-5-34-26(32)24-23(19-11-13-22(14-12-19)35-21-9-7-6-8-10-21)30-25(37-24)20-15-29(16-20)17-31(18-29)27(33)36-28(2,3)4;1-2/h6-14,20H,5,15-18H2,1-4H3;1-2H3. The number of aromatic nitrogens is 1. The minimum Gasteiger partial charge on any atom is -0.462 e. The van der Waals surface area contributed by atoms with Crippen molar-refractivity contribution in [1.29, 1.82) is 0 Å². The van der Waals surface area contributed by atoms with Crippen molar-refractivity contribution in [3.8, 4) is 22.8 Å². The van der Waals surface area contributed by atoms with Gasteiger partial charge in [-0.05, 0) is 76.9 Å². The predicted molar refractivity (Wildman–Crippen MR) is 154 cm³/mol.